The summed E-state index contributed by atoms with van der Waals surface area (Å²) >= 11 is 6.74. The van der Waals surface area contributed by atoms with Crippen molar-refractivity contribution >= 4 is 39.1 Å². The van der Waals surface area contributed by atoms with Crippen molar-refractivity contribution in [3.8, 4) is 17.0 Å². The van der Waals surface area contributed by atoms with E-state index in [9.17, 15) is 5.11 Å². The highest BCUT2D eigenvalue weighted by atomic mass is 35.5. The SMILES string of the molecule is Cc1c(O)c(-c2cc(Cl)c3cc(N4CCNCC4)cc(C)c3n2)cc2cn(C)nc12. The second-order valence-electron chi connectivity index (χ2n) is 8.02. The third-order valence-corrected chi connectivity index (χ3v) is 6.23. The van der Waals surface area contributed by atoms with Gasteiger partial charge in [-0.15, -0.1) is 0 Å². The molecule has 2 aromatic carbocycles. The fourth-order valence-electron chi connectivity index (χ4n) is 4.32. The number of pyridine rings is 1. The molecule has 3 heterocycles. The molecule has 154 valence electrons. The molecular weight excluding hydrogens is 398 g/mol. The Kier molecular flexibility index (Phi) is 4.56. The molecule has 1 aliphatic rings. The van der Waals surface area contributed by atoms with Crippen LogP contribution in [0.4, 0.5) is 5.69 Å². The lowest BCUT2D eigenvalue weighted by molar-refractivity contribution is 0.474. The molecule has 0 aliphatic carbocycles. The van der Waals surface area contributed by atoms with Gasteiger partial charge in [-0.3, -0.25) is 4.68 Å². The van der Waals surface area contributed by atoms with Gasteiger partial charge in [-0.05, 0) is 43.7 Å². The first-order chi connectivity index (χ1) is 14.4. The molecule has 1 saturated heterocycles. The summed E-state index contributed by atoms with van der Waals surface area (Å²) in [4.78, 5) is 7.28. The Morgan fingerprint density at radius 1 is 1.07 bits per heavy atom. The van der Waals surface area contributed by atoms with Crippen molar-refractivity contribution in [2.45, 2.75) is 13.8 Å². The Balaban J connectivity index is 1.67. The van der Waals surface area contributed by atoms with Gasteiger partial charge in [0.2, 0.25) is 0 Å². The number of aromatic hydroxyl groups is 1. The third-order valence-electron chi connectivity index (χ3n) is 5.92. The lowest BCUT2D eigenvalue weighted by atomic mass is 10.0. The number of piperazine rings is 1. The van der Waals surface area contributed by atoms with Crippen molar-refractivity contribution in [2.75, 3.05) is 31.1 Å². The number of hydrogen-bond donors (Lipinski definition) is 2. The molecule has 1 fully saturated rings. The minimum absolute atomic E-state index is 0.194. The number of hydrogen-bond acceptors (Lipinski definition) is 5. The van der Waals surface area contributed by atoms with Crippen LogP contribution in [0, 0.1) is 13.8 Å². The van der Waals surface area contributed by atoms with Crippen molar-refractivity contribution in [1.29, 1.82) is 0 Å². The maximum absolute atomic E-state index is 10.9. The summed E-state index contributed by atoms with van der Waals surface area (Å²) < 4.78 is 1.75. The van der Waals surface area contributed by atoms with Crippen molar-refractivity contribution in [2.24, 2.45) is 7.05 Å². The third kappa shape index (κ3) is 3.07. The van der Waals surface area contributed by atoms with E-state index in [2.05, 4.69) is 34.4 Å². The van der Waals surface area contributed by atoms with Gasteiger partial charge in [-0.2, -0.15) is 5.10 Å². The summed E-state index contributed by atoms with van der Waals surface area (Å²) in [6.45, 7) is 7.87. The van der Waals surface area contributed by atoms with Gasteiger partial charge in [0.05, 0.1) is 21.7 Å². The Hall–Kier alpha value is -2.83. The minimum Gasteiger partial charge on any atom is -0.507 e. The highest BCUT2D eigenvalue weighted by Crippen LogP contribution is 2.39. The van der Waals surface area contributed by atoms with E-state index in [1.165, 1.54) is 5.69 Å². The van der Waals surface area contributed by atoms with Gasteiger partial charge in [-0.1, -0.05) is 11.6 Å². The van der Waals surface area contributed by atoms with E-state index in [4.69, 9.17) is 16.6 Å². The van der Waals surface area contributed by atoms with Crippen LogP contribution in [0.25, 0.3) is 33.1 Å². The molecule has 0 bridgehead atoms. The van der Waals surface area contributed by atoms with Crippen LogP contribution in [0.5, 0.6) is 5.75 Å². The van der Waals surface area contributed by atoms with Crippen LogP contribution in [0.1, 0.15) is 11.1 Å². The molecule has 7 heteroatoms. The monoisotopic (exact) mass is 421 g/mol. The predicted molar refractivity (Wildman–Crippen MR) is 123 cm³/mol. The lowest BCUT2D eigenvalue weighted by Gasteiger charge is -2.30. The number of halogens is 1. The largest absolute Gasteiger partial charge is 0.507 e. The molecule has 0 atom stereocenters. The molecule has 0 unspecified atom stereocenters. The normalized spacial score (nSPS) is 14.7. The van der Waals surface area contributed by atoms with E-state index in [1.54, 1.807) is 4.68 Å². The summed E-state index contributed by atoms with van der Waals surface area (Å²) in [7, 11) is 1.88. The maximum atomic E-state index is 10.9. The molecule has 1 aliphatic heterocycles. The first kappa shape index (κ1) is 19.2. The van der Waals surface area contributed by atoms with Crippen LogP contribution in [0.15, 0.2) is 30.5 Å². The van der Waals surface area contributed by atoms with E-state index < -0.39 is 0 Å². The zero-order valence-corrected chi connectivity index (χ0v) is 18.1. The van der Waals surface area contributed by atoms with E-state index in [0.717, 1.165) is 59.1 Å². The molecular formula is C23H24ClN5O. The number of nitrogens with zero attached hydrogens (tertiary/aromatic N) is 4. The first-order valence-corrected chi connectivity index (χ1v) is 10.5. The summed E-state index contributed by atoms with van der Waals surface area (Å²) in [5, 5.41) is 21.2. The molecule has 0 amide bonds. The van der Waals surface area contributed by atoms with E-state index in [1.807, 2.05) is 32.3 Å². The molecule has 0 spiro atoms. The number of phenolic OH excluding ortho intramolecular Hbond substituents is 1. The quantitative estimate of drug-likeness (QED) is 0.508. The fraction of sp³-hybridized carbons (Fsp3) is 0.304. The van der Waals surface area contributed by atoms with Gasteiger partial charge in [0.1, 0.15) is 5.75 Å². The highest BCUT2D eigenvalue weighted by molar-refractivity contribution is 6.35. The van der Waals surface area contributed by atoms with Gasteiger partial charge in [0.15, 0.2) is 0 Å². The maximum Gasteiger partial charge on any atom is 0.130 e. The van der Waals surface area contributed by atoms with Gasteiger partial charge in [0, 0.05) is 67.0 Å². The predicted octanol–water partition coefficient (Wildman–Crippen LogP) is 4.17. The number of benzene rings is 2. The molecule has 30 heavy (non-hydrogen) atoms. The Bertz CT molecular complexity index is 1290. The Morgan fingerprint density at radius 3 is 2.60 bits per heavy atom. The average Bonchev–Trinajstić information content (AvgIpc) is 3.12. The lowest BCUT2D eigenvalue weighted by Crippen LogP contribution is -2.43. The minimum atomic E-state index is 0.194. The number of nitrogens with one attached hydrogen (secondary N) is 1. The highest BCUT2D eigenvalue weighted by Gasteiger charge is 2.18. The van der Waals surface area contributed by atoms with Crippen LogP contribution >= 0.6 is 11.6 Å². The van der Waals surface area contributed by atoms with E-state index in [0.29, 0.717) is 16.3 Å². The molecule has 2 N–H and O–H groups in total. The van der Waals surface area contributed by atoms with Crippen LogP contribution in [-0.4, -0.2) is 46.1 Å². The molecule has 0 radical (unpaired) electrons. The summed E-state index contributed by atoms with van der Waals surface area (Å²) in [6, 6.07) is 8.08. The van der Waals surface area contributed by atoms with E-state index >= 15 is 0 Å². The second kappa shape index (κ2) is 7.15. The van der Waals surface area contributed by atoms with Crippen LogP contribution in [0.2, 0.25) is 5.02 Å². The zero-order valence-electron chi connectivity index (χ0n) is 17.3. The fourth-order valence-corrected chi connectivity index (χ4v) is 4.57. The van der Waals surface area contributed by atoms with E-state index in [-0.39, 0.29) is 5.75 Å². The summed E-state index contributed by atoms with van der Waals surface area (Å²) in [5.74, 6) is 0.194. The van der Waals surface area contributed by atoms with Crippen molar-refractivity contribution in [3.05, 3.63) is 46.6 Å². The average molecular weight is 422 g/mol. The molecule has 0 saturated carbocycles. The molecule has 5 rings (SSSR count). The summed E-state index contributed by atoms with van der Waals surface area (Å²) in [6.07, 6.45) is 1.94. The number of phenols is 1. The number of aryl methyl sites for hydroxylation is 3. The standard InChI is InChI=1S/C23H24ClN5O/c1-13-8-16(29-6-4-25-5-7-29)10-17-19(24)11-20(26-21(13)17)18-9-15-12-28(3)27-22(15)14(2)23(18)30/h8-12,25,30H,4-7H2,1-3H3. The molecule has 2 aromatic heterocycles. The Labute approximate surface area is 180 Å². The van der Waals surface area contributed by atoms with Gasteiger partial charge >= 0.3 is 0 Å². The van der Waals surface area contributed by atoms with Crippen molar-refractivity contribution < 1.29 is 5.11 Å². The first-order valence-electron chi connectivity index (χ1n) is 10.2. The number of aromatic nitrogens is 3. The van der Waals surface area contributed by atoms with Gasteiger partial charge in [-0.25, -0.2) is 4.98 Å². The molecule has 4 aromatic rings. The summed E-state index contributed by atoms with van der Waals surface area (Å²) in [5.41, 5.74) is 5.98. The smallest absolute Gasteiger partial charge is 0.130 e. The van der Waals surface area contributed by atoms with Gasteiger partial charge in [0.25, 0.3) is 0 Å². The number of fused-ring (bicyclic) bond motifs is 2. The Morgan fingerprint density at radius 2 is 1.83 bits per heavy atom. The van der Waals surface area contributed by atoms with Crippen molar-refractivity contribution in [1.82, 2.24) is 20.1 Å². The number of rotatable bonds is 2. The van der Waals surface area contributed by atoms with Crippen LogP contribution < -0.4 is 10.2 Å². The topological polar surface area (TPSA) is 66.2 Å². The number of anilines is 1. The second-order valence-corrected chi connectivity index (χ2v) is 8.43. The zero-order chi connectivity index (χ0) is 21.0. The molecule has 6 nitrogen and oxygen atoms in total. The van der Waals surface area contributed by atoms with Crippen molar-refractivity contribution in [3.63, 3.8) is 0 Å². The van der Waals surface area contributed by atoms with Gasteiger partial charge < -0.3 is 15.3 Å². The van der Waals surface area contributed by atoms with Crippen LogP contribution in [0.3, 0.4) is 0 Å². The van der Waals surface area contributed by atoms with Crippen LogP contribution in [-0.2, 0) is 7.05 Å².